The fourth-order valence-electron chi connectivity index (χ4n) is 2.81. The van der Waals surface area contributed by atoms with Crippen molar-refractivity contribution >= 4 is 33.9 Å². The molecule has 136 valence electrons. The van der Waals surface area contributed by atoms with Gasteiger partial charge in [-0.25, -0.2) is 13.9 Å². The van der Waals surface area contributed by atoms with E-state index < -0.39 is 11.7 Å². The number of nitrogen functional groups attached to an aromatic ring is 1. The molecular formula is C17H14FN7OS. The van der Waals surface area contributed by atoms with Gasteiger partial charge >= 0.3 is 0 Å². The third kappa shape index (κ3) is 2.99. The summed E-state index contributed by atoms with van der Waals surface area (Å²) in [5.41, 5.74) is 9.47. The lowest BCUT2D eigenvalue weighted by atomic mass is 10.1. The van der Waals surface area contributed by atoms with Crippen LogP contribution in [0.3, 0.4) is 0 Å². The monoisotopic (exact) mass is 383 g/mol. The number of rotatable bonds is 3. The van der Waals surface area contributed by atoms with Gasteiger partial charge < -0.3 is 11.1 Å². The topological polar surface area (TPSA) is 111 Å². The van der Waals surface area contributed by atoms with E-state index >= 15 is 0 Å². The Bertz CT molecular complexity index is 1180. The summed E-state index contributed by atoms with van der Waals surface area (Å²) in [7, 11) is 0. The van der Waals surface area contributed by atoms with Crippen molar-refractivity contribution < 1.29 is 9.18 Å². The summed E-state index contributed by atoms with van der Waals surface area (Å²) in [6.07, 6.45) is 3.82. The van der Waals surface area contributed by atoms with Crippen molar-refractivity contribution in [3.05, 3.63) is 53.5 Å². The molecule has 1 amide bonds. The lowest BCUT2D eigenvalue weighted by Crippen LogP contribution is -2.13. The van der Waals surface area contributed by atoms with Gasteiger partial charge in [-0.3, -0.25) is 9.78 Å². The minimum Gasteiger partial charge on any atom is -0.381 e. The normalized spacial score (nSPS) is 11.1. The number of aromatic nitrogens is 5. The van der Waals surface area contributed by atoms with Crippen molar-refractivity contribution in [1.82, 2.24) is 24.0 Å². The SMILES string of the molecule is Cc1cc(-c2c(C)nsc2NC(=O)c2c(N)nn3cc(F)cnc23)ccn1. The van der Waals surface area contributed by atoms with Crippen LogP contribution in [0.2, 0.25) is 0 Å². The van der Waals surface area contributed by atoms with Crippen LogP contribution in [0.1, 0.15) is 21.7 Å². The van der Waals surface area contributed by atoms with E-state index in [1.807, 2.05) is 26.0 Å². The van der Waals surface area contributed by atoms with E-state index in [1.165, 1.54) is 11.5 Å². The van der Waals surface area contributed by atoms with Crippen LogP contribution in [0, 0.1) is 19.7 Å². The molecule has 4 heterocycles. The molecule has 0 saturated heterocycles. The number of aryl methyl sites for hydroxylation is 2. The Balaban J connectivity index is 1.74. The number of halogens is 1. The highest BCUT2D eigenvalue weighted by Gasteiger charge is 2.22. The van der Waals surface area contributed by atoms with Crippen LogP contribution in [-0.4, -0.2) is 29.9 Å². The number of nitrogens with one attached hydrogen (secondary N) is 1. The zero-order valence-electron chi connectivity index (χ0n) is 14.4. The van der Waals surface area contributed by atoms with Gasteiger partial charge in [-0.1, -0.05) is 0 Å². The number of fused-ring (bicyclic) bond motifs is 1. The van der Waals surface area contributed by atoms with Gasteiger partial charge in [0, 0.05) is 17.5 Å². The van der Waals surface area contributed by atoms with Gasteiger partial charge in [0.15, 0.2) is 17.3 Å². The van der Waals surface area contributed by atoms with Crippen LogP contribution in [0.4, 0.5) is 15.2 Å². The van der Waals surface area contributed by atoms with Gasteiger partial charge in [-0.15, -0.1) is 5.10 Å². The molecule has 3 N–H and O–H groups in total. The molecule has 0 aliphatic rings. The van der Waals surface area contributed by atoms with E-state index in [0.29, 0.717) is 5.00 Å². The minimum atomic E-state index is -0.578. The summed E-state index contributed by atoms with van der Waals surface area (Å²) in [4.78, 5) is 21.0. The van der Waals surface area contributed by atoms with Crippen molar-refractivity contribution in [3.63, 3.8) is 0 Å². The minimum absolute atomic E-state index is 0.0341. The number of anilines is 2. The Morgan fingerprint density at radius 2 is 2.15 bits per heavy atom. The number of nitrogens with zero attached hydrogens (tertiary/aromatic N) is 5. The van der Waals surface area contributed by atoms with E-state index in [2.05, 4.69) is 24.8 Å². The molecule has 27 heavy (non-hydrogen) atoms. The van der Waals surface area contributed by atoms with Crippen LogP contribution >= 0.6 is 11.5 Å². The van der Waals surface area contributed by atoms with Crippen molar-refractivity contribution in [1.29, 1.82) is 0 Å². The molecule has 0 saturated carbocycles. The second-order valence-corrected chi connectivity index (χ2v) is 6.69. The maximum absolute atomic E-state index is 13.3. The number of carbonyl (C=O) groups is 1. The molecule has 0 aromatic carbocycles. The Morgan fingerprint density at radius 3 is 2.93 bits per heavy atom. The maximum atomic E-state index is 13.3. The molecule has 4 aromatic rings. The fourth-order valence-corrected chi connectivity index (χ4v) is 3.62. The Morgan fingerprint density at radius 1 is 1.33 bits per heavy atom. The highest BCUT2D eigenvalue weighted by molar-refractivity contribution is 7.11. The first-order valence-electron chi connectivity index (χ1n) is 7.94. The van der Waals surface area contributed by atoms with E-state index in [9.17, 15) is 9.18 Å². The third-order valence-corrected chi connectivity index (χ3v) is 4.82. The van der Waals surface area contributed by atoms with Crippen molar-refractivity contribution in [2.45, 2.75) is 13.8 Å². The first-order valence-corrected chi connectivity index (χ1v) is 8.71. The number of pyridine rings is 1. The van der Waals surface area contributed by atoms with Crippen molar-refractivity contribution in [2.75, 3.05) is 11.1 Å². The Kier molecular flexibility index (Phi) is 4.04. The predicted molar refractivity (Wildman–Crippen MR) is 100 cm³/mol. The number of hydrogen-bond acceptors (Lipinski definition) is 7. The molecule has 0 spiro atoms. The average Bonchev–Trinajstić information content (AvgIpc) is 3.13. The molecule has 0 bridgehead atoms. The molecular weight excluding hydrogens is 369 g/mol. The van der Waals surface area contributed by atoms with Crippen molar-refractivity contribution in [3.8, 4) is 11.1 Å². The number of carbonyl (C=O) groups excluding carboxylic acids is 1. The molecule has 0 fully saturated rings. The van der Waals surface area contributed by atoms with Crippen LogP contribution in [-0.2, 0) is 0 Å². The van der Waals surface area contributed by atoms with E-state index in [-0.39, 0.29) is 17.0 Å². The second kappa shape index (κ2) is 6.40. The molecule has 4 rings (SSSR count). The lowest BCUT2D eigenvalue weighted by molar-refractivity contribution is 0.102. The number of hydrogen-bond donors (Lipinski definition) is 2. The zero-order chi connectivity index (χ0) is 19.1. The van der Waals surface area contributed by atoms with Gasteiger partial charge in [-0.2, -0.15) is 4.37 Å². The highest BCUT2D eigenvalue weighted by atomic mass is 32.1. The number of amides is 1. The van der Waals surface area contributed by atoms with Crippen LogP contribution in [0.15, 0.2) is 30.7 Å². The quantitative estimate of drug-likeness (QED) is 0.563. The standard InChI is InChI=1S/C17H14FN7OS/c1-8-5-10(3-4-20-8)12-9(2)24-27-17(12)22-16(26)13-14(19)23-25-7-11(18)6-21-15(13)25/h3-7H,1-2H3,(H2,19,23)(H,22,26). The van der Waals surface area contributed by atoms with E-state index in [4.69, 9.17) is 5.73 Å². The molecule has 8 nitrogen and oxygen atoms in total. The van der Waals surface area contributed by atoms with E-state index in [1.54, 1.807) is 6.20 Å². The largest absolute Gasteiger partial charge is 0.381 e. The summed E-state index contributed by atoms with van der Waals surface area (Å²) < 4.78 is 18.8. The molecule has 0 aliphatic carbocycles. The van der Waals surface area contributed by atoms with E-state index in [0.717, 1.165) is 39.4 Å². The molecule has 10 heteroatoms. The third-order valence-electron chi connectivity index (χ3n) is 3.97. The van der Waals surface area contributed by atoms with Gasteiger partial charge in [0.25, 0.3) is 5.91 Å². The summed E-state index contributed by atoms with van der Waals surface area (Å²) in [6.45, 7) is 3.76. The van der Waals surface area contributed by atoms with Gasteiger partial charge in [0.05, 0.1) is 18.1 Å². The number of nitrogens with two attached hydrogens (primary N) is 1. The Labute approximate surface area is 157 Å². The second-order valence-electron chi connectivity index (χ2n) is 5.91. The summed E-state index contributed by atoms with van der Waals surface area (Å²) in [6, 6.07) is 3.77. The highest BCUT2D eigenvalue weighted by Crippen LogP contribution is 2.35. The summed E-state index contributed by atoms with van der Waals surface area (Å²) >= 11 is 1.17. The first-order chi connectivity index (χ1) is 12.9. The molecule has 0 aliphatic heterocycles. The van der Waals surface area contributed by atoms with Gasteiger partial charge in [-0.05, 0) is 43.1 Å². The average molecular weight is 383 g/mol. The molecule has 0 unspecified atom stereocenters. The lowest BCUT2D eigenvalue weighted by Gasteiger charge is -2.07. The van der Waals surface area contributed by atoms with Crippen LogP contribution in [0.5, 0.6) is 0 Å². The molecule has 0 radical (unpaired) electrons. The molecule has 0 atom stereocenters. The summed E-state index contributed by atoms with van der Waals surface area (Å²) in [5, 5.41) is 7.35. The zero-order valence-corrected chi connectivity index (χ0v) is 15.2. The first kappa shape index (κ1) is 17.0. The van der Waals surface area contributed by atoms with Gasteiger partial charge in [0.2, 0.25) is 0 Å². The maximum Gasteiger partial charge on any atom is 0.264 e. The van der Waals surface area contributed by atoms with Crippen LogP contribution < -0.4 is 11.1 Å². The summed E-state index contributed by atoms with van der Waals surface area (Å²) in [5.74, 6) is -1.10. The molecule has 4 aromatic heterocycles. The smallest absolute Gasteiger partial charge is 0.264 e. The van der Waals surface area contributed by atoms with Gasteiger partial charge in [0.1, 0.15) is 10.6 Å². The predicted octanol–water partition coefficient (Wildman–Crippen LogP) is 2.84. The Hall–Kier alpha value is -3.40. The fraction of sp³-hybridized carbons (Fsp3) is 0.118. The van der Waals surface area contributed by atoms with Crippen molar-refractivity contribution in [2.24, 2.45) is 0 Å². The van der Waals surface area contributed by atoms with Crippen LogP contribution in [0.25, 0.3) is 16.8 Å².